The molecule has 1 aromatic rings. The van der Waals surface area contributed by atoms with Crippen LogP contribution in [0.15, 0.2) is 23.9 Å². The third kappa shape index (κ3) is 4.09. The van der Waals surface area contributed by atoms with Crippen LogP contribution in [0.1, 0.15) is 12.5 Å². The van der Waals surface area contributed by atoms with Crippen molar-refractivity contribution in [2.45, 2.75) is 6.92 Å². The summed E-state index contributed by atoms with van der Waals surface area (Å²) in [5, 5.41) is 11.8. The molecule has 90 valence electrons. The number of nitrogens with one attached hydrogen (secondary N) is 1. The predicted molar refractivity (Wildman–Crippen MR) is 65.9 cm³/mol. The molecule has 0 atom stereocenters. The lowest BCUT2D eigenvalue weighted by Crippen LogP contribution is -2.24. The summed E-state index contributed by atoms with van der Waals surface area (Å²) in [6.07, 6.45) is 1.30. The molecular formula is C11H9Cl2NO3. The maximum Gasteiger partial charge on any atom is 0.352 e. The van der Waals surface area contributed by atoms with E-state index in [4.69, 9.17) is 28.3 Å². The molecule has 0 aliphatic rings. The van der Waals surface area contributed by atoms with E-state index in [-0.39, 0.29) is 5.70 Å². The molecule has 1 amide bonds. The second kappa shape index (κ2) is 5.70. The first-order valence-corrected chi connectivity index (χ1v) is 5.33. The van der Waals surface area contributed by atoms with Crippen LogP contribution in [0.3, 0.4) is 0 Å². The number of carbonyl (C=O) groups is 2. The fourth-order valence-corrected chi connectivity index (χ4v) is 1.42. The molecule has 0 bridgehead atoms. The zero-order valence-electron chi connectivity index (χ0n) is 8.83. The van der Waals surface area contributed by atoms with Crippen LogP contribution < -0.4 is 5.32 Å². The second-order valence-electron chi connectivity index (χ2n) is 3.22. The smallest absolute Gasteiger partial charge is 0.352 e. The molecule has 6 heteroatoms. The lowest BCUT2D eigenvalue weighted by atomic mass is 10.2. The van der Waals surface area contributed by atoms with Crippen molar-refractivity contribution < 1.29 is 14.7 Å². The lowest BCUT2D eigenvalue weighted by molar-refractivity contribution is -0.134. The zero-order valence-corrected chi connectivity index (χ0v) is 10.3. The highest BCUT2D eigenvalue weighted by Gasteiger charge is 2.09. The van der Waals surface area contributed by atoms with Gasteiger partial charge >= 0.3 is 5.97 Å². The Labute approximate surface area is 108 Å². The summed E-state index contributed by atoms with van der Waals surface area (Å²) < 4.78 is 0. The van der Waals surface area contributed by atoms with Gasteiger partial charge < -0.3 is 10.4 Å². The summed E-state index contributed by atoms with van der Waals surface area (Å²) in [6, 6.07) is 4.65. The summed E-state index contributed by atoms with van der Waals surface area (Å²) in [5.41, 5.74) is 0.307. The van der Waals surface area contributed by atoms with E-state index in [1.165, 1.54) is 19.1 Å². The fourth-order valence-electron chi connectivity index (χ4n) is 1.11. The van der Waals surface area contributed by atoms with Gasteiger partial charge in [0, 0.05) is 6.92 Å². The van der Waals surface area contributed by atoms with E-state index in [9.17, 15) is 9.59 Å². The van der Waals surface area contributed by atoms with Crippen molar-refractivity contribution >= 4 is 41.2 Å². The summed E-state index contributed by atoms with van der Waals surface area (Å²) >= 11 is 11.5. The molecule has 0 aromatic heterocycles. The summed E-state index contributed by atoms with van der Waals surface area (Å²) in [6.45, 7) is 1.23. The molecule has 0 radical (unpaired) electrons. The number of rotatable bonds is 3. The summed E-state index contributed by atoms with van der Waals surface area (Å²) in [7, 11) is 0. The van der Waals surface area contributed by atoms with Crippen molar-refractivity contribution in [2.24, 2.45) is 0 Å². The highest BCUT2D eigenvalue weighted by atomic mass is 35.5. The van der Waals surface area contributed by atoms with Crippen molar-refractivity contribution in [2.75, 3.05) is 0 Å². The van der Waals surface area contributed by atoms with Crippen LogP contribution >= 0.6 is 23.2 Å². The van der Waals surface area contributed by atoms with Crippen LogP contribution in [0.2, 0.25) is 10.0 Å². The second-order valence-corrected chi connectivity index (χ2v) is 4.03. The van der Waals surface area contributed by atoms with Crippen LogP contribution in [0.4, 0.5) is 0 Å². The highest BCUT2D eigenvalue weighted by molar-refractivity contribution is 6.42. The molecule has 0 aliphatic heterocycles. The number of hydrogen-bond donors (Lipinski definition) is 2. The lowest BCUT2D eigenvalue weighted by Gasteiger charge is -2.03. The van der Waals surface area contributed by atoms with Crippen LogP contribution in [0.5, 0.6) is 0 Å². The predicted octanol–water partition coefficient (Wildman–Crippen LogP) is 2.56. The molecule has 4 nitrogen and oxygen atoms in total. The number of halogens is 2. The van der Waals surface area contributed by atoms with E-state index in [1.54, 1.807) is 12.1 Å². The minimum Gasteiger partial charge on any atom is -0.477 e. The number of carboxylic acid groups (broad SMARTS) is 1. The normalized spacial score (nSPS) is 11.1. The molecule has 0 unspecified atom stereocenters. The van der Waals surface area contributed by atoms with Crippen molar-refractivity contribution in [3.05, 3.63) is 39.5 Å². The van der Waals surface area contributed by atoms with E-state index in [2.05, 4.69) is 5.32 Å². The van der Waals surface area contributed by atoms with Crippen LogP contribution in [0, 0.1) is 0 Å². The van der Waals surface area contributed by atoms with Gasteiger partial charge in [0.05, 0.1) is 10.0 Å². The van der Waals surface area contributed by atoms with Crippen molar-refractivity contribution in [1.29, 1.82) is 0 Å². The van der Waals surface area contributed by atoms with Gasteiger partial charge in [-0.05, 0) is 23.8 Å². The monoisotopic (exact) mass is 273 g/mol. The Kier molecular flexibility index (Phi) is 4.54. The molecule has 0 saturated heterocycles. The largest absolute Gasteiger partial charge is 0.477 e. The maximum atomic E-state index is 10.8. The number of carboxylic acids is 1. The molecule has 17 heavy (non-hydrogen) atoms. The Morgan fingerprint density at radius 3 is 2.41 bits per heavy atom. The standard InChI is InChI=1S/C11H9Cl2NO3/c1-6(15)14-10(11(16)17)5-7-2-3-8(12)9(13)4-7/h2-5H,1H3,(H,14,15)(H,16,17). The van der Waals surface area contributed by atoms with Gasteiger partial charge in [0.15, 0.2) is 0 Å². The zero-order chi connectivity index (χ0) is 13.0. The summed E-state index contributed by atoms with van der Waals surface area (Å²) in [5.74, 6) is -1.69. The first-order chi connectivity index (χ1) is 7.90. The molecule has 2 N–H and O–H groups in total. The molecule has 0 saturated carbocycles. The fraction of sp³-hybridized carbons (Fsp3) is 0.0909. The number of carbonyl (C=O) groups excluding carboxylic acids is 1. The highest BCUT2D eigenvalue weighted by Crippen LogP contribution is 2.23. The van der Waals surface area contributed by atoms with Crippen LogP contribution in [-0.2, 0) is 9.59 Å². The van der Waals surface area contributed by atoms with Gasteiger partial charge in [-0.15, -0.1) is 0 Å². The molecule has 0 heterocycles. The third-order valence-electron chi connectivity index (χ3n) is 1.80. The third-order valence-corrected chi connectivity index (χ3v) is 2.53. The Bertz CT molecular complexity index is 497. The molecule has 1 aromatic carbocycles. The van der Waals surface area contributed by atoms with Crippen LogP contribution in [-0.4, -0.2) is 17.0 Å². The van der Waals surface area contributed by atoms with E-state index in [1.807, 2.05) is 0 Å². The van der Waals surface area contributed by atoms with Crippen molar-refractivity contribution in [3.8, 4) is 0 Å². The Morgan fingerprint density at radius 1 is 1.29 bits per heavy atom. The van der Waals surface area contributed by atoms with Crippen molar-refractivity contribution in [1.82, 2.24) is 5.32 Å². The van der Waals surface area contributed by atoms with Gasteiger partial charge in [0.25, 0.3) is 0 Å². The van der Waals surface area contributed by atoms with Gasteiger partial charge in [0.2, 0.25) is 5.91 Å². The van der Waals surface area contributed by atoms with Gasteiger partial charge in [-0.25, -0.2) is 4.79 Å². The first-order valence-electron chi connectivity index (χ1n) is 4.58. The van der Waals surface area contributed by atoms with Gasteiger partial charge in [-0.3, -0.25) is 4.79 Å². The first kappa shape index (κ1) is 13.5. The van der Waals surface area contributed by atoms with E-state index in [0.717, 1.165) is 0 Å². The van der Waals surface area contributed by atoms with E-state index in [0.29, 0.717) is 15.6 Å². The molecule has 0 fully saturated rings. The average molecular weight is 274 g/mol. The van der Waals surface area contributed by atoms with E-state index < -0.39 is 11.9 Å². The summed E-state index contributed by atoms with van der Waals surface area (Å²) in [4.78, 5) is 21.7. The Morgan fingerprint density at radius 2 is 1.94 bits per heavy atom. The van der Waals surface area contributed by atoms with Gasteiger partial charge in [0.1, 0.15) is 5.70 Å². The number of hydrogen-bond acceptors (Lipinski definition) is 2. The van der Waals surface area contributed by atoms with E-state index >= 15 is 0 Å². The molecule has 0 aliphatic carbocycles. The molecular weight excluding hydrogens is 265 g/mol. The molecule has 0 spiro atoms. The van der Waals surface area contributed by atoms with Crippen molar-refractivity contribution in [3.63, 3.8) is 0 Å². The number of benzene rings is 1. The van der Waals surface area contributed by atoms with Crippen LogP contribution in [0.25, 0.3) is 6.08 Å². The number of aliphatic carboxylic acids is 1. The number of amides is 1. The SMILES string of the molecule is CC(=O)NC(=Cc1ccc(Cl)c(Cl)c1)C(=O)O. The Balaban J connectivity index is 3.08. The average Bonchev–Trinajstić information content (AvgIpc) is 2.21. The topological polar surface area (TPSA) is 66.4 Å². The molecule has 1 rings (SSSR count). The Hall–Kier alpha value is -1.52. The van der Waals surface area contributed by atoms with Gasteiger partial charge in [-0.2, -0.15) is 0 Å². The minimum atomic E-state index is -1.23. The minimum absolute atomic E-state index is 0.226. The quantitative estimate of drug-likeness (QED) is 0.832. The van der Waals surface area contributed by atoms with Gasteiger partial charge in [-0.1, -0.05) is 29.3 Å². The maximum absolute atomic E-state index is 10.8.